The first-order valence-electron chi connectivity index (χ1n) is 4.37. The largest absolute Gasteiger partial charge is 0.396 e. The van der Waals surface area contributed by atoms with Crippen LogP contribution in [0.1, 0.15) is 13.3 Å². The molecule has 1 heterocycles. The molecule has 0 saturated heterocycles. The lowest BCUT2D eigenvalue weighted by Gasteiger charge is -2.09. The third-order valence-electron chi connectivity index (χ3n) is 2.01. The average Bonchev–Trinajstić information content (AvgIpc) is 2.19. The van der Waals surface area contributed by atoms with Gasteiger partial charge in [0, 0.05) is 6.20 Å². The molecule has 1 rings (SSSR count). The van der Waals surface area contributed by atoms with Gasteiger partial charge in [0.05, 0.1) is 22.8 Å². The zero-order valence-electron chi connectivity index (χ0n) is 8.21. The number of hydrogen-bond acceptors (Lipinski definition) is 5. The molecule has 5 nitrogen and oxygen atoms in total. The number of sulfone groups is 1. The lowest BCUT2D eigenvalue weighted by atomic mass is 10.4. The minimum Gasteiger partial charge on any atom is -0.396 e. The molecule has 0 radical (unpaired) electrons. The summed E-state index contributed by atoms with van der Waals surface area (Å²) in [4.78, 5) is 3.67. The average molecular weight is 225 g/mol. The first-order chi connectivity index (χ1) is 7.04. The first kappa shape index (κ1) is 11.5. The molecular weight excluding hydrogens is 214 g/mol. The zero-order valence-corrected chi connectivity index (χ0v) is 9.03. The molecule has 0 spiro atoms. The monoisotopic (exact) mass is 225 g/mol. The normalized spacial score (nSPS) is 13.1. The standard InChI is InChI=1S/C9H11N3O2S/c1-2-7(5-10)15(13,14)9-3-4-12-6-8(9)11/h3-4,6-7H,2,11H2,1H3. The summed E-state index contributed by atoms with van der Waals surface area (Å²) in [7, 11) is -3.66. The molecule has 0 aliphatic carbocycles. The fraction of sp³-hybridized carbons (Fsp3) is 0.333. The van der Waals surface area contributed by atoms with Crippen molar-refractivity contribution in [2.75, 3.05) is 5.73 Å². The minimum atomic E-state index is -3.66. The van der Waals surface area contributed by atoms with E-state index in [0.29, 0.717) is 0 Å². The third kappa shape index (κ3) is 2.07. The Kier molecular flexibility index (Phi) is 3.27. The van der Waals surface area contributed by atoms with Gasteiger partial charge in [-0.1, -0.05) is 6.92 Å². The predicted octanol–water partition coefficient (Wildman–Crippen LogP) is 0.740. The molecule has 15 heavy (non-hydrogen) atoms. The number of nitriles is 1. The molecule has 2 N–H and O–H groups in total. The van der Waals surface area contributed by atoms with Crippen LogP contribution in [0.2, 0.25) is 0 Å². The highest BCUT2D eigenvalue weighted by atomic mass is 32.2. The van der Waals surface area contributed by atoms with E-state index in [1.165, 1.54) is 18.5 Å². The number of aromatic nitrogens is 1. The van der Waals surface area contributed by atoms with Crippen LogP contribution in [-0.4, -0.2) is 18.7 Å². The van der Waals surface area contributed by atoms with E-state index in [9.17, 15) is 8.42 Å². The van der Waals surface area contributed by atoms with E-state index in [1.807, 2.05) is 0 Å². The summed E-state index contributed by atoms with van der Waals surface area (Å²) in [5.74, 6) is 0. The summed E-state index contributed by atoms with van der Waals surface area (Å²) < 4.78 is 23.8. The van der Waals surface area contributed by atoms with Gasteiger partial charge in [0.1, 0.15) is 0 Å². The van der Waals surface area contributed by atoms with Gasteiger partial charge in [-0.25, -0.2) is 8.42 Å². The van der Waals surface area contributed by atoms with Crippen molar-refractivity contribution in [2.24, 2.45) is 0 Å². The second kappa shape index (κ2) is 4.28. The topological polar surface area (TPSA) is 96.8 Å². The zero-order chi connectivity index (χ0) is 11.5. The van der Waals surface area contributed by atoms with Gasteiger partial charge in [-0.15, -0.1) is 0 Å². The van der Waals surface area contributed by atoms with Gasteiger partial charge in [0.15, 0.2) is 15.1 Å². The first-order valence-corrected chi connectivity index (χ1v) is 5.91. The Morgan fingerprint density at radius 1 is 1.67 bits per heavy atom. The molecule has 0 amide bonds. The quantitative estimate of drug-likeness (QED) is 0.818. The van der Waals surface area contributed by atoms with Crippen LogP contribution in [-0.2, 0) is 9.84 Å². The Bertz CT molecular complexity index is 490. The van der Waals surface area contributed by atoms with E-state index in [1.54, 1.807) is 13.0 Å². The van der Waals surface area contributed by atoms with Crippen LogP contribution in [0.5, 0.6) is 0 Å². The molecule has 0 fully saturated rings. The molecule has 6 heteroatoms. The van der Waals surface area contributed by atoms with Crippen LogP contribution >= 0.6 is 0 Å². The highest BCUT2D eigenvalue weighted by molar-refractivity contribution is 7.92. The van der Waals surface area contributed by atoms with Gasteiger partial charge >= 0.3 is 0 Å². The third-order valence-corrected chi connectivity index (χ3v) is 4.18. The number of nitrogens with zero attached hydrogens (tertiary/aromatic N) is 2. The van der Waals surface area contributed by atoms with E-state index >= 15 is 0 Å². The number of nitrogens with two attached hydrogens (primary N) is 1. The Balaban J connectivity index is 3.31. The fourth-order valence-corrected chi connectivity index (χ4v) is 2.70. The predicted molar refractivity (Wildman–Crippen MR) is 55.5 cm³/mol. The fourth-order valence-electron chi connectivity index (χ4n) is 1.19. The van der Waals surface area contributed by atoms with E-state index in [4.69, 9.17) is 11.0 Å². The van der Waals surface area contributed by atoms with Crippen LogP contribution < -0.4 is 5.73 Å². The van der Waals surface area contributed by atoms with E-state index in [-0.39, 0.29) is 17.0 Å². The number of pyridine rings is 1. The molecule has 0 saturated carbocycles. The van der Waals surface area contributed by atoms with Crippen LogP contribution in [0.4, 0.5) is 5.69 Å². The summed E-state index contributed by atoms with van der Waals surface area (Å²) in [5, 5.41) is 7.67. The van der Waals surface area contributed by atoms with E-state index < -0.39 is 15.1 Å². The van der Waals surface area contributed by atoms with Crippen LogP contribution in [0, 0.1) is 11.3 Å². The Morgan fingerprint density at radius 2 is 2.33 bits per heavy atom. The lowest BCUT2D eigenvalue weighted by Crippen LogP contribution is -2.20. The molecule has 0 aliphatic heterocycles. The van der Waals surface area contributed by atoms with Crippen LogP contribution in [0.25, 0.3) is 0 Å². The van der Waals surface area contributed by atoms with Gasteiger partial charge in [-0.2, -0.15) is 5.26 Å². The summed E-state index contributed by atoms with van der Waals surface area (Å²) in [6.45, 7) is 1.64. The highest BCUT2D eigenvalue weighted by Crippen LogP contribution is 2.22. The maximum absolute atomic E-state index is 11.9. The van der Waals surface area contributed by atoms with Crippen molar-refractivity contribution < 1.29 is 8.42 Å². The van der Waals surface area contributed by atoms with Crippen LogP contribution in [0.15, 0.2) is 23.4 Å². The Hall–Kier alpha value is -1.61. The van der Waals surface area contributed by atoms with Crippen molar-refractivity contribution in [3.63, 3.8) is 0 Å². The summed E-state index contributed by atoms with van der Waals surface area (Å²) in [5.41, 5.74) is 5.58. The smallest absolute Gasteiger partial charge is 0.196 e. The van der Waals surface area contributed by atoms with Gasteiger partial charge in [0.2, 0.25) is 0 Å². The molecule has 1 unspecified atom stereocenters. The summed E-state index contributed by atoms with van der Waals surface area (Å²) in [6, 6.07) is 3.06. The molecule has 80 valence electrons. The van der Waals surface area contributed by atoms with Crippen molar-refractivity contribution in [3.05, 3.63) is 18.5 Å². The van der Waals surface area contributed by atoms with Crippen molar-refractivity contribution in [1.29, 1.82) is 5.26 Å². The number of nitrogen functional groups attached to an aromatic ring is 1. The minimum absolute atomic E-state index is 0.0223. The van der Waals surface area contributed by atoms with Crippen molar-refractivity contribution in [1.82, 2.24) is 4.98 Å². The van der Waals surface area contributed by atoms with Gasteiger partial charge < -0.3 is 5.73 Å². The lowest BCUT2D eigenvalue weighted by molar-refractivity contribution is 0.587. The van der Waals surface area contributed by atoms with Crippen molar-refractivity contribution >= 4 is 15.5 Å². The summed E-state index contributed by atoms with van der Waals surface area (Å²) in [6.07, 6.45) is 2.84. The van der Waals surface area contributed by atoms with Crippen LogP contribution in [0.3, 0.4) is 0 Å². The number of rotatable bonds is 3. The maximum atomic E-state index is 11.9. The highest BCUT2D eigenvalue weighted by Gasteiger charge is 2.27. The molecule has 1 aromatic heterocycles. The van der Waals surface area contributed by atoms with Crippen molar-refractivity contribution in [2.45, 2.75) is 23.5 Å². The summed E-state index contributed by atoms with van der Waals surface area (Å²) >= 11 is 0. The second-order valence-electron chi connectivity index (χ2n) is 2.98. The van der Waals surface area contributed by atoms with Crippen molar-refractivity contribution in [3.8, 4) is 6.07 Å². The van der Waals surface area contributed by atoms with Gasteiger partial charge in [0.25, 0.3) is 0 Å². The molecular formula is C9H11N3O2S. The SMILES string of the molecule is CCC(C#N)S(=O)(=O)c1ccncc1N. The second-order valence-corrected chi connectivity index (χ2v) is 5.08. The van der Waals surface area contributed by atoms with Gasteiger partial charge in [-0.3, -0.25) is 4.98 Å². The number of hydrogen-bond donors (Lipinski definition) is 1. The number of anilines is 1. The maximum Gasteiger partial charge on any atom is 0.196 e. The molecule has 1 aromatic rings. The van der Waals surface area contributed by atoms with E-state index in [0.717, 1.165) is 0 Å². The molecule has 0 bridgehead atoms. The molecule has 0 aliphatic rings. The Morgan fingerprint density at radius 3 is 2.80 bits per heavy atom. The molecule has 0 aromatic carbocycles. The molecule has 1 atom stereocenters. The van der Waals surface area contributed by atoms with E-state index in [2.05, 4.69) is 4.98 Å². The Labute approximate surface area is 88.5 Å². The van der Waals surface area contributed by atoms with Gasteiger partial charge in [-0.05, 0) is 12.5 Å².